The lowest BCUT2D eigenvalue weighted by atomic mass is 10.1. The van der Waals surface area contributed by atoms with Crippen molar-refractivity contribution in [3.8, 4) is 39.7 Å². The first-order chi connectivity index (χ1) is 21.2. The second-order valence-electron chi connectivity index (χ2n) is 11.3. The van der Waals surface area contributed by atoms with Crippen LogP contribution in [0.25, 0.3) is 56.0 Å². The SMILES string of the molecule is CC(C)CC(=O)Nc1cncc(-c2ccc3[nH]nc(-c4nc5c(-c6cc(F)cc(OCCN(C)C)c6)cncc5[nH]4)c3n2)c1. The molecule has 0 bridgehead atoms. The fourth-order valence-electron chi connectivity index (χ4n) is 4.86. The maximum absolute atomic E-state index is 14.6. The number of nitrogens with one attached hydrogen (secondary N) is 3. The summed E-state index contributed by atoms with van der Waals surface area (Å²) in [7, 11) is 3.90. The lowest BCUT2D eigenvalue weighted by Gasteiger charge is -2.12. The number of benzene rings is 1. The van der Waals surface area contributed by atoms with Crippen LogP contribution in [0, 0.1) is 11.7 Å². The number of hydrogen-bond donors (Lipinski definition) is 3. The van der Waals surface area contributed by atoms with Crippen molar-refractivity contribution in [2.24, 2.45) is 5.92 Å². The summed E-state index contributed by atoms with van der Waals surface area (Å²) in [5, 5.41) is 10.4. The summed E-state index contributed by atoms with van der Waals surface area (Å²) < 4.78 is 20.4. The van der Waals surface area contributed by atoms with Crippen molar-refractivity contribution < 1.29 is 13.9 Å². The van der Waals surface area contributed by atoms with Gasteiger partial charge >= 0.3 is 0 Å². The summed E-state index contributed by atoms with van der Waals surface area (Å²) in [5.41, 5.74) is 6.38. The molecule has 12 heteroatoms. The van der Waals surface area contributed by atoms with E-state index in [0.717, 1.165) is 11.1 Å². The number of ether oxygens (including phenoxy) is 1. The number of likely N-dealkylation sites (N-methyl/N-ethyl adjacent to an activating group) is 1. The number of hydrogen-bond acceptors (Lipinski definition) is 8. The fraction of sp³-hybridized carbons (Fsp3) is 0.250. The largest absolute Gasteiger partial charge is 0.492 e. The number of pyridine rings is 3. The maximum atomic E-state index is 14.6. The van der Waals surface area contributed by atoms with Crippen molar-refractivity contribution in [2.45, 2.75) is 20.3 Å². The molecule has 0 aliphatic heterocycles. The molecule has 0 aliphatic carbocycles. The maximum Gasteiger partial charge on any atom is 0.224 e. The molecular formula is C32H32FN9O2. The number of aromatic nitrogens is 7. The summed E-state index contributed by atoms with van der Waals surface area (Å²) >= 11 is 0. The number of nitrogens with zero attached hydrogens (tertiary/aromatic N) is 6. The number of fused-ring (bicyclic) bond motifs is 2. The molecule has 0 saturated carbocycles. The minimum atomic E-state index is -0.414. The summed E-state index contributed by atoms with van der Waals surface area (Å²) in [6, 6.07) is 10.2. The molecule has 0 aliphatic rings. The average molecular weight is 594 g/mol. The third-order valence-corrected chi connectivity index (χ3v) is 6.93. The van der Waals surface area contributed by atoms with Gasteiger partial charge in [0, 0.05) is 42.6 Å². The predicted octanol–water partition coefficient (Wildman–Crippen LogP) is 5.69. The normalized spacial score (nSPS) is 11.6. The van der Waals surface area contributed by atoms with E-state index in [1.54, 1.807) is 30.9 Å². The highest BCUT2D eigenvalue weighted by atomic mass is 19.1. The van der Waals surface area contributed by atoms with Crippen LogP contribution < -0.4 is 10.1 Å². The average Bonchev–Trinajstić information content (AvgIpc) is 3.60. The van der Waals surface area contributed by atoms with Gasteiger partial charge in [0.25, 0.3) is 0 Å². The second kappa shape index (κ2) is 12.2. The van der Waals surface area contributed by atoms with Gasteiger partial charge in [-0.15, -0.1) is 0 Å². The molecule has 0 atom stereocenters. The van der Waals surface area contributed by atoms with Crippen LogP contribution in [-0.2, 0) is 4.79 Å². The minimum absolute atomic E-state index is 0.0652. The van der Waals surface area contributed by atoms with E-state index in [0.29, 0.717) is 75.9 Å². The van der Waals surface area contributed by atoms with Crippen LogP contribution in [0.4, 0.5) is 10.1 Å². The van der Waals surface area contributed by atoms with Gasteiger partial charge in [0.15, 0.2) is 11.5 Å². The molecular weight excluding hydrogens is 561 g/mol. The fourth-order valence-corrected chi connectivity index (χ4v) is 4.86. The third kappa shape index (κ3) is 6.25. The van der Waals surface area contributed by atoms with E-state index in [1.807, 2.05) is 51.0 Å². The number of rotatable bonds is 10. The highest BCUT2D eigenvalue weighted by Crippen LogP contribution is 2.33. The summed E-state index contributed by atoms with van der Waals surface area (Å²) in [6.07, 6.45) is 7.06. The van der Waals surface area contributed by atoms with Gasteiger partial charge in [-0.25, -0.2) is 14.4 Å². The molecule has 1 amide bonds. The third-order valence-electron chi connectivity index (χ3n) is 6.93. The highest BCUT2D eigenvalue weighted by Gasteiger charge is 2.18. The van der Waals surface area contributed by atoms with Crippen molar-refractivity contribution >= 4 is 33.7 Å². The van der Waals surface area contributed by atoms with Crippen LogP contribution in [0.2, 0.25) is 0 Å². The van der Waals surface area contributed by atoms with E-state index in [4.69, 9.17) is 14.7 Å². The lowest BCUT2D eigenvalue weighted by Crippen LogP contribution is -2.19. The topological polar surface area (TPSA) is 138 Å². The predicted molar refractivity (Wildman–Crippen MR) is 168 cm³/mol. The van der Waals surface area contributed by atoms with Crippen molar-refractivity contribution in [3.63, 3.8) is 0 Å². The van der Waals surface area contributed by atoms with Crippen LogP contribution in [0.15, 0.2) is 61.2 Å². The standard InChI is InChI=1S/C32H32FN9O2/c1-18(2)9-28(43)36-22-11-20(14-34-15-22)25-5-6-26-30(37-25)31(41-40-26)32-38-27-17-35-16-24(29(27)39-32)19-10-21(33)13-23(12-19)44-8-7-42(3)4/h5-6,10-18H,7-9H2,1-4H3,(H,36,43)(H,38,39)(H,40,41). The van der Waals surface area contributed by atoms with Crippen LogP contribution in [0.5, 0.6) is 5.75 Å². The van der Waals surface area contributed by atoms with Crippen LogP contribution >= 0.6 is 0 Å². The van der Waals surface area contributed by atoms with Crippen molar-refractivity contribution in [3.05, 3.63) is 67.0 Å². The van der Waals surface area contributed by atoms with E-state index >= 15 is 0 Å². The second-order valence-corrected chi connectivity index (χ2v) is 11.3. The molecule has 3 N–H and O–H groups in total. The Morgan fingerprint density at radius 3 is 2.64 bits per heavy atom. The number of carbonyl (C=O) groups is 1. The van der Waals surface area contributed by atoms with Gasteiger partial charge in [-0.1, -0.05) is 13.8 Å². The Balaban J connectivity index is 1.33. The van der Waals surface area contributed by atoms with Crippen molar-refractivity contribution in [2.75, 3.05) is 32.6 Å². The van der Waals surface area contributed by atoms with E-state index < -0.39 is 5.82 Å². The Labute approximate surface area is 252 Å². The van der Waals surface area contributed by atoms with E-state index in [2.05, 4.69) is 30.5 Å². The van der Waals surface area contributed by atoms with Gasteiger partial charge in [0.05, 0.1) is 40.3 Å². The Kier molecular flexibility index (Phi) is 7.99. The van der Waals surface area contributed by atoms with Gasteiger partial charge in [0.2, 0.25) is 5.91 Å². The first kappa shape index (κ1) is 28.9. The lowest BCUT2D eigenvalue weighted by molar-refractivity contribution is -0.116. The Morgan fingerprint density at radius 2 is 1.82 bits per heavy atom. The zero-order valence-electron chi connectivity index (χ0n) is 24.8. The summed E-state index contributed by atoms with van der Waals surface area (Å²) in [6.45, 7) is 5.13. The van der Waals surface area contributed by atoms with Crippen molar-refractivity contribution in [1.82, 2.24) is 40.0 Å². The van der Waals surface area contributed by atoms with Gasteiger partial charge < -0.3 is 19.9 Å². The molecule has 0 spiro atoms. The number of imidazole rings is 1. The van der Waals surface area contributed by atoms with Gasteiger partial charge in [-0.05, 0) is 55.9 Å². The first-order valence-electron chi connectivity index (χ1n) is 14.3. The Bertz CT molecular complexity index is 1960. The van der Waals surface area contributed by atoms with Gasteiger partial charge in [-0.2, -0.15) is 5.10 Å². The zero-order chi connectivity index (χ0) is 30.8. The molecule has 6 aromatic rings. The number of carbonyl (C=O) groups excluding carboxylic acids is 1. The number of H-pyrrole nitrogens is 2. The molecule has 1 aromatic carbocycles. The molecule has 5 aromatic heterocycles. The number of aromatic amines is 2. The van der Waals surface area contributed by atoms with E-state index in [9.17, 15) is 9.18 Å². The monoisotopic (exact) mass is 593 g/mol. The van der Waals surface area contributed by atoms with Crippen LogP contribution in [0.3, 0.4) is 0 Å². The minimum Gasteiger partial charge on any atom is -0.492 e. The molecule has 5 heterocycles. The molecule has 11 nitrogen and oxygen atoms in total. The van der Waals surface area contributed by atoms with E-state index in [-0.39, 0.29) is 11.8 Å². The molecule has 6 rings (SSSR count). The first-order valence-corrected chi connectivity index (χ1v) is 14.3. The van der Waals surface area contributed by atoms with E-state index in [1.165, 1.54) is 12.1 Å². The molecule has 0 radical (unpaired) electrons. The van der Waals surface area contributed by atoms with Crippen LogP contribution in [-0.4, -0.2) is 73.2 Å². The number of amides is 1. The Morgan fingerprint density at radius 1 is 0.977 bits per heavy atom. The smallest absolute Gasteiger partial charge is 0.224 e. The Hall–Kier alpha value is -5.23. The molecule has 0 unspecified atom stereocenters. The summed E-state index contributed by atoms with van der Waals surface area (Å²) in [4.78, 5) is 36.0. The zero-order valence-corrected chi connectivity index (χ0v) is 24.8. The molecule has 44 heavy (non-hydrogen) atoms. The number of halogens is 1. The summed E-state index contributed by atoms with van der Waals surface area (Å²) in [5.74, 6) is 0.686. The quantitative estimate of drug-likeness (QED) is 0.184. The molecule has 0 fully saturated rings. The van der Waals surface area contributed by atoms with Gasteiger partial charge in [0.1, 0.15) is 23.7 Å². The van der Waals surface area contributed by atoms with Gasteiger partial charge in [-0.3, -0.25) is 19.9 Å². The number of anilines is 1. The molecule has 224 valence electrons. The van der Waals surface area contributed by atoms with Crippen LogP contribution in [0.1, 0.15) is 20.3 Å². The molecule has 0 saturated heterocycles. The van der Waals surface area contributed by atoms with Crippen molar-refractivity contribution in [1.29, 1.82) is 0 Å². The highest BCUT2D eigenvalue weighted by molar-refractivity contribution is 5.96.